The third-order valence-corrected chi connectivity index (χ3v) is 9.54. The summed E-state index contributed by atoms with van der Waals surface area (Å²) in [7, 11) is 0. The molecule has 0 saturated heterocycles. The maximum atomic E-state index is 11.0. The van der Waals surface area contributed by atoms with Crippen molar-refractivity contribution in [2.45, 2.75) is 72.0 Å². The van der Waals surface area contributed by atoms with E-state index in [2.05, 4.69) is 49.1 Å². The van der Waals surface area contributed by atoms with Crippen molar-refractivity contribution in [1.29, 1.82) is 0 Å². The van der Waals surface area contributed by atoms with Crippen LogP contribution in [0.3, 0.4) is 0 Å². The van der Waals surface area contributed by atoms with Crippen molar-refractivity contribution >= 4 is 82.5 Å². The van der Waals surface area contributed by atoms with Crippen LogP contribution in [-0.4, -0.2) is 43.6 Å². The molecule has 0 saturated carbocycles. The van der Waals surface area contributed by atoms with Crippen molar-refractivity contribution in [3.63, 3.8) is 0 Å². The zero-order valence-corrected chi connectivity index (χ0v) is 27.3. The van der Waals surface area contributed by atoms with Gasteiger partial charge in [-0.3, -0.25) is 0 Å². The molecule has 41 heavy (non-hydrogen) atoms. The molecule has 2 aromatic heterocycles. The minimum atomic E-state index is -1.01. The zero-order chi connectivity index (χ0) is 29.1. The summed E-state index contributed by atoms with van der Waals surface area (Å²) in [5, 5.41) is 19.9. The number of carboxylic acids is 2. The maximum absolute atomic E-state index is 11.0. The molecule has 4 aromatic rings. The van der Waals surface area contributed by atoms with Crippen LogP contribution in [0.2, 0.25) is 0 Å². The van der Waals surface area contributed by atoms with E-state index >= 15 is 0 Å². The van der Waals surface area contributed by atoms with E-state index in [1.165, 1.54) is 50.7 Å². The Labute approximate surface area is 271 Å². The van der Waals surface area contributed by atoms with Gasteiger partial charge in [0.1, 0.15) is 11.4 Å². The monoisotopic (exact) mass is 677 g/mol. The maximum Gasteiger partial charge on any atom is 0.354 e. The van der Waals surface area contributed by atoms with Gasteiger partial charge in [-0.15, -0.1) is 48.8 Å². The largest absolute Gasteiger partial charge is 0.477 e. The summed E-state index contributed by atoms with van der Waals surface area (Å²) in [6.07, 6.45) is 7.21. The molecule has 2 N–H and O–H groups in total. The van der Waals surface area contributed by atoms with Crippen LogP contribution >= 0.6 is 48.8 Å². The number of fused-ring (bicyclic) bond motifs is 2. The summed E-state index contributed by atoms with van der Waals surface area (Å²) < 4.78 is 0. The number of hydrogen-bond donors (Lipinski definition) is 4. The van der Waals surface area contributed by atoms with Gasteiger partial charge in [-0.1, -0.05) is 63.8 Å². The van der Waals surface area contributed by atoms with Crippen LogP contribution in [0.4, 0.5) is 0 Å². The van der Waals surface area contributed by atoms with Gasteiger partial charge in [0.25, 0.3) is 0 Å². The van der Waals surface area contributed by atoms with Crippen LogP contribution in [-0.2, 0) is 17.1 Å². The number of aromatic carboxylic acids is 2. The summed E-state index contributed by atoms with van der Waals surface area (Å²) in [6, 6.07) is 14.6. The number of unbranched alkanes of at least 4 members (excludes halogenated alkanes) is 4. The molecule has 0 amide bonds. The molecule has 6 nitrogen and oxygen atoms in total. The number of carboxylic acid groups (broad SMARTS) is 2. The normalized spacial score (nSPS) is 10.6. The summed E-state index contributed by atoms with van der Waals surface area (Å²) in [4.78, 5) is 34.0. The molecule has 0 unspecified atom stereocenters. The van der Waals surface area contributed by atoms with Gasteiger partial charge in [0.15, 0.2) is 0 Å². The van der Waals surface area contributed by atoms with Crippen molar-refractivity contribution in [1.82, 2.24) is 9.97 Å². The molecule has 223 valence electrons. The average Bonchev–Trinajstić information content (AvgIpc) is 2.95. The average molecular weight is 678 g/mol. The first kappa shape index (κ1) is 35.3. The summed E-state index contributed by atoms with van der Waals surface area (Å²) in [6.45, 7) is 4.37. The topological polar surface area (TPSA) is 100 Å². The Kier molecular flexibility index (Phi) is 15.4. The van der Waals surface area contributed by atoms with Crippen LogP contribution in [0.15, 0.2) is 68.1 Å². The first-order chi connectivity index (χ1) is 19.3. The van der Waals surface area contributed by atoms with Crippen LogP contribution in [0.5, 0.6) is 0 Å². The van der Waals surface area contributed by atoms with Crippen molar-refractivity contribution in [2.24, 2.45) is 0 Å². The molecule has 2 heterocycles. The molecule has 0 fully saturated rings. The molecular formula is C30H34CuN2O4S4. The fourth-order valence-electron chi connectivity index (χ4n) is 3.85. The molecule has 0 bridgehead atoms. The molecule has 4 rings (SSSR count). The van der Waals surface area contributed by atoms with Crippen molar-refractivity contribution < 1.29 is 36.9 Å². The summed E-state index contributed by atoms with van der Waals surface area (Å²) in [5.41, 5.74) is 1.43. The van der Waals surface area contributed by atoms with Gasteiger partial charge in [0, 0.05) is 47.4 Å². The Hall–Kier alpha value is -1.88. The number of rotatable bonds is 12. The number of pyridine rings is 2. The van der Waals surface area contributed by atoms with Gasteiger partial charge in [0.05, 0.1) is 11.0 Å². The molecule has 11 heteroatoms. The molecular weight excluding hydrogens is 644 g/mol. The van der Waals surface area contributed by atoms with Crippen LogP contribution in [0.1, 0.15) is 73.3 Å². The standard InChI is InChI=1S/2C15H17NO2S2.Cu/c2*1-2-3-4-9-20-12-8-6-10-5-7-11(15(17)18)16-13(10)14(12)19;/h2*5-8,19H,2-4,9H2,1H3,(H,17,18);. The van der Waals surface area contributed by atoms with E-state index in [9.17, 15) is 9.59 Å². The van der Waals surface area contributed by atoms with E-state index in [0.717, 1.165) is 41.9 Å². The van der Waals surface area contributed by atoms with Crippen molar-refractivity contribution in [2.75, 3.05) is 11.5 Å². The number of thiol groups is 2. The van der Waals surface area contributed by atoms with Gasteiger partial charge in [0.2, 0.25) is 0 Å². The summed E-state index contributed by atoms with van der Waals surface area (Å²) in [5.74, 6) is 0.0677. The van der Waals surface area contributed by atoms with E-state index in [4.69, 9.17) is 10.2 Å². The first-order valence-corrected chi connectivity index (χ1v) is 16.1. The fraction of sp³-hybridized carbons (Fsp3) is 0.333. The van der Waals surface area contributed by atoms with Gasteiger partial charge >= 0.3 is 11.9 Å². The second-order valence-corrected chi connectivity index (χ2v) is 12.3. The minimum Gasteiger partial charge on any atom is -0.477 e. The molecule has 0 atom stereocenters. The SMILES string of the molecule is CCCCCSc1ccc2ccc(C(=O)O)nc2c1S.CCCCCSc1ccc2ccc(C(=O)O)nc2c1S.[Cu]. The van der Waals surface area contributed by atoms with Gasteiger partial charge in [-0.05, 0) is 48.6 Å². The van der Waals surface area contributed by atoms with Gasteiger partial charge < -0.3 is 10.2 Å². The number of hydrogen-bond acceptors (Lipinski definition) is 8. The fourth-order valence-corrected chi connectivity index (χ4v) is 6.68. The third kappa shape index (κ3) is 10.1. The first-order valence-electron chi connectivity index (χ1n) is 13.2. The Balaban J connectivity index is 0.000000280. The second kappa shape index (κ2) is 17.9. The van der Waals surface area contributed by atoms with Crippen molar-refractivity contribution in [3.8, 4) is 0 Å². The molecule has 0 aliphatic carbocycles. The Bertz CT molecular complexity index is 1380. The van der Waals surface area contributed by atoms with Gasteiger partial charge in [-0.25, -0.2) is 19.6 Å². The third-order valence-electron chi connectivity index (χ3n) is 6.05. The van der Waals surface area contributed by atoms with Crippen LogP contribution in [0.25, 0.3) is 21.8 Å². The number of thioether (sulfide) groups is 2. The number of carbonyl (C=O) groups is 2. The van der Waals surface area contributed by atoms with E-state index < -0.39 is 11.9 Å². The Morgan fingerprint density at radius 1 is 0.659 bits per heavy atom. The van der Waals surface area contributed by atoms with E-state index in [-0.39, 0.29) is 28.5 Å². The van der Waals surface area contributed by atoms with Crippen LogP contribution in [0, 0.1) is 0 Å². The van der Waals surface area contributed by atoms with E-state index in [1.807, 2.05) is 24.3 Å². The molecule has 1 radical (unpaired) electrons. The van der Waals surface area contributed by atoms with E-state index in [0.29, 0.717) is 11.0 Å². The quantitative estimate of drug-likeness (QED) is 0.0510. The number of benzene rings is 2. The second-order valence-electron chi connectivity index (χ2n) is 9.08. The van der Waals surface area contributed by atoms with Crippen LogP contribution < -0.4 is 0 Å². The predicted molar refractivity (Wildman–Crippen MR) is 172 cm³/mol. The van der Waals surface area contributed by atoms with Gasteiger partial charge in [-0.2, -0.15) is 0 Å². The van der Waals surface area contributed by atoms with E-state index in [1.54, 1.807) is 35.7 Å². The minimum absolute atomic E-state index is 0. The van der Waals surface area contributed by atoms with Crippen molar-refractivity contribution in [3.05, 3.63) is 59.9 Å². The molecule has 0 aliphatic heterocycles. The number of aromatic nitrogens is 2. The molecule has 0 aliphatic rings. The number of nitrogens with zero attached hydrogens (tertiary/aromatic N) is 2. The molecule has 0 spiro atoms. The zero-order valence-electron chi connectivity index (χ0n) is 22.9. The predicted octanol–water partition coefficient (Wildman–Crippen LogP) is 9.01. The molecule has 2 aromatic carbocycles. The Morgan fingerprint density at radius 3 is 1.37 bits per heavy atom. The smallest absolute Gasteiger partial charge is 0.354 e. The summed E-state index contributed by atoms with van der Waals surface area (Å²) >= 11 is 12.6. The Morgan fingerprint density at radius 2 is 1.02 bits per heavy atom.